The SMILES string of the molecule is CC(CS(=O)(=O)NC1CCCNCC1)c1ccccc1. The number of nitrogens with one attached hydrogen (secondary N) is 2. The van der Waals surface area contributed by atoms with Gasteiger partial charge in [-0.25, -0.2) is 13.1 Å². The van der Waals surface area contributed by atoms with Crippen molar-refractivity contribution in [1.29, 1.82) is 0 Å². The molecule has 1 heterocycles. The molecule has 2 atom stereocenters. The zero-order chi connectivity index (χ0) is 14.4. The van der Waals surface area contributed by atoms with Crippen LogP contribution >= 0.6 is 0 Å². The molecule has 0 spiro atoms. The monoisotopic (exact) mass is 296 g/mol. The summed E-state index contributed by atoms with van der Waals surface area (Å²) in [6.07, 6.45) is 2.83. The van der Waals surface area contributed by atoms with Crippen molar-refractivity contribution >= 4 is 10.0 Å². The van der Waals surface area contributed by atoms with Crippen LogP contribution in [0.4, 0.5) is 0 Å². The largest absolute Gasteiger partial charge is 0.317 e. The van der Waals surface area contributed by atoms with Crippen LogP contribution in [0.25, 0.3) is 0 Å². The van der Waals surface area contributed by atoms with E-state index in [0.717, 1.165) is 37.9 Å². The van der Waals surface area contributed by atoms with E-state index in [2.05, 4.69) is 10.0 Å². The van der Waals surface area contributed by atoms with Crippen LogP contribution in [-0.2, 0) is 10.0 Å². The predicted octanol–water partition coefficient (Wildman–Crippen LogP) is 1.85. The van der Waals surface area contributed by atoms with Crippen molar-refractivity contribution in [1.82, 2.24) is 10.0 Å². The summed E-state index contributed by atoms with van der Waals surface area (Å²) >= 11 is 0. The average molecular weight is 296 g/mol. The second kappa shape index (κ2) is 7.20. The number of benzene rings is 1. The minimum Gasteiger partial charge on any atom is -0.317 e. The Morgan fingerprint density at radius 1 is 1.25 bits per heavy atom. The Bertz CT molecular complexity index is 494. The minimum absolute atomic E-state index is 0.0117. The normalized spacial score (nSPS) is 22.1. The highest BCUT2D eigenvalue weighted by molar-refractivity contribution is 7.89. The van der Waals surface area contributed by atoms with Crippen molar-refractivity contribution in [3.05, 3.63) is 35.9 Å². The highest BCUT2D eigenvalue weighted by atomic mass is 32.2. The van der Waals surface area contributed by atoms with E-state index < -0.39 is 10.0 Å². The smallest absolute Gasteiger partial charge is 0.212 e. The summed E-state index contributed by atoms with van der Waals surface area (Å²) in [5.41, 5.74) is 1.07. The summed E-state index contributed by atoms with van der Waals surface area (Å²) in [5, 5.41) is 3.29. The molecule has 20 heavy (non-hydrogen) atoms. The summed E-state index contributed by atoms with van der Waals surface area (Å²) < 4.78 is 27.4. The molecule has 1 aromatic carbocycles. The zero-order valence-corrected chi connectivity index (χ0v) is 12.8. The fourth-order valence-electron chi connectivity index (χ4n) is 2.65. The second-order valence-electron chi connectivity index (χ2n) is 5.59. The minimum atomic E-state index is -3.22. The molecule has 2 rings (SSSR count). The molecule has 0 aliphatic carbocycles. The van der Waals surface area contributed by atoms with Gasteiger partial charge in [-0.3, -0.25) is 0 Å². The van der Waals surface area contributed by atoms with Crippen molar-refractivity contribution in [2.45, 2.75) is 38.1 Å². The number of hydrogen-bond donors (Lipinski definition) is 2. The lowest BCUT2D eigenvalue weighted by molar-refractivity contribution is 0.515. The highest BCUT2D eigenvalue weighted by Gasteiger charge is 2.21. The number of rotatable bonds is 5. The first kappa shape index (κ1) is 15.5. The van der Waals surface area contributed by atoms with Gasteiger partial charge in [-0.1, -0.05) is 37.3 Å². The van der Waals surface area contributed by atoms with E-state index in [1.54, 1.807) is 0 Å². The maximum atomic E-state index is 12.3. The van der Waals surface area contributed by atoms with Crippen LogP contribution < -0.4 is 10.0 Å². The summed E-state index contributed by atoms with van der Waals surface area (Å²) in [7, 11) is -3.22. The fraction of sp³-hybridized carbons (Fsp3) is 0.600. The standard InChI is InChI=1S/C15H24N2O2S/c1-13(14-6-3-2-4-7-14)12-20(18,19)17-15-8-5-10-16-11-9-15/h2-4,6-7,13,15-17H,5,8-12H2,1H3. The zero-order valence-electron chi connectivity index (χ0n) is 12.0. The van der Waals surface area contributed by atoms with Gasteiger partial charge in [-0.15, -0.1) is 0 Å². The molecule has 4 nitrogen and oxygen atoms in total. The third-order valence-corrected chi connectivity index (χ3v) is 5.39. The van der Waals surface area contributed by atoms with E-state index in [1.807, 2.05) is 37.3 Å². The van der Waals surface area contributed by atoms with Gasteiger partial charge in [0.1, 0.15) is 0 Å². The Morgan fingerprint density at radius 2 is 2.00 bits per heavy atom. The van der Waals surface area contributed by atoms with Gasteiger partial charge in [0.2, 0.25) is 10.0 Å². The van der Waals surface area contributed by atoms with Gasteiger partial charge in [-0.05, 0) is 43.8 Å². The van der Waals surface area contributed by atoms with Crippen LogP contribution in [-0.4, -0.2) is 33.3 Å². The van der Waals surface area contributed by atoms with Crippen LogP contribution in [0.5, 0.6) is 0 Å². The van der Waals surface area contributed by atoms with Crippen LogP contribution in [0.15, 0.2) is 30.3 Å². The van der Waals surface area contributed by atoms with E-state index in [1.165, 1.54) is 0 Å². The van der Waals surface area contributed by atoms with Crippen molar-refractivity contribution in [2.75, 3.05) is 18.8 Å². The summed E-state index contributed by atoms with van der Waals surface area (Å²) in [4.78, 5) is 0. The number of hydrogen-bond acceptors (Lipinski definition) is 3. The first-order valence-electron chi connectivity index (χ1n) is 7.32. The topological polar surface area (TPSA) is 58.2 Å². The third kappa shape index (κ3) is 4.89. The van der Waals surface area contributed by atoms with Gasteiger partial charge in [0, 0.05) is 6.04 Å². The van der Waals surface area contributed by atoms with Crippen LogP contribution in [0, 0.1) is 0 Å². The molecule has 1 aliphatic rings. The molecule has 0 radical (unpaired) electrons. The van der Waals surface area contributed by atoms with Gasteiger partial charge in [0.15, 0.2) is 0 Å². The van der Waals surface area contributed by atoms with Crippen LogP contribution in [0.1, 0.15) is 37.7 Å². The predicted molar refractivity (Wildman–Crippen MR) is 82.3 cm³/mol. The summed E-state index contributed by atoms with van der Waals surface area (Å²) in [6, 6.07) is 9.89. The Kier molecular flexibility index (Phi) is 5.57. The molecule has 2 unspecified atom stereocenters. The molecule has 0 saturated carbocycles. The van der Waals surface area contributed by atoms with Crippen LogP contribution in [0.2, 0.25) is 0 Å². The first-order chi connectivity index (χ1) is 9.57. The Hall–Kier alpha value is -0.910. The van der Waals surface area contributed by atoms with Gasteiger partial charge < -0.3 is 5.32 Å². The van der Waals surface area contributed by atoms with Gasteiger partial charge >= 0.3 is 0 Å². The second-order valence-corrected chi connectivity index (χ2v) is 7.39. The Labute approximate surface area is 122 Å². The fourth-order valence-corrected chi connectivity index (χ4v) is 4.34. The lowest BCUT2D eigenvalue weighted by Gasteiger charge is -2.18. The lowest BCUT2D eigenvalue weighted by Crippen LogP contribution is -2.37. The van der Waals surface area contributed by atoms with Crippen LogP contribution in [0.3, 0.4) is 0 Å². The van der Waals surface area contributed by atoms with E-state index in [9.17, 15) is 8.42 Å². The third-order valence-electron chi connectivity index (χ3n) is 3.76. The Morgan fingerprint density at radius 3 is 2.75 bits per heavy atom. The molecule has 112 valence electrons. The first-order valence-corrected chi connectivity index (χ1v) is 8.98. The molecule has 0 bridgehead atoms. The molecular formula is C15H24N2O2S. The van der Waals surface area contributed by atoms with E-state index in [0.29, 0.717) is 0 Å². The van der Waals surface area contributed by atoms with Gasteiger partial charge in [0.05, 0.1) is 5.75 Å². The molecule has 1 fully saturated rings. The molecule has 0 aromatic heterocycles. The van der Waals surface area contributed by atoms with Crippen molar-refractivity contribution in [2.24, 2.45) is 0 Å². The maximum Gasteiger partial charge on any atom is 0.212 e. The van der Waals surface area contributed by atoms with E-state index in [-0.39, 0.29) is 17.7 Å². The molecule has 1 aliphatic heterocycles. The van der Waals surface area contributed by atoms with Crippen molar-refractivity contribution < 1.29 is 8.42 Å². The average Bonchev–Trinajstić information content (AvgIpc) is 2.67. The van der Waals surface area contributed by atoms with E-state index in [4.69, 9.17) is 0 Å². The molecule has 2 N–H and O–H groups in total. The molecule has 1 aromatic rings. The van der Waals surface area contributed by atoms with Crippen molar-refractivity contribution in [3.63, 3.8) is 0 Å². The lowest BCUT2D eigenvalue weighted by atomic mass is 10.0. The molecule has 0 amide bonds. The highest BCUT2D eigenvalue weighted by Crippen LogP contribution is 2.17. The van der Waals surface area contributed by atoms with Crippen molar-refractivity contribution in [3.8, 4) is 0 Å². The summed E-state index contributed by atoms with van der Waals surface area (Å²) in [5.74, 6) is 0.165. The molecule has 1 saturated heterocycles. The maximum absolute atomic E-state index is 12.3. The number of sulfonamides is 1. The van der Waals surface area contributed by atoms with Gasteiger partial charge in [0.25, 0.3) is 0 Å². The molecular weight excluding hydrogens is 272 g/mol. The Balaban J connectivity index is 1.93. The quantitative estimate of drug-likeness (QED) is 0.872. The van der Waals surface area contributed by atoms with E-state index >= 15 is 0 Å². The molecule has 5 heteroatoms. The summed E-state index contributed by atoms with van der Waals surface area (Å²) in [6.45, 7) is 3.84. The van der Waals surface area contributed by atoms with Gasteiger partial charge in [-0.2, -0.15) is 0 Å².